The Morgan fingerprint density at radius 2 is 1.88 bits per heavy atom. The maximum Gasteiger partial charge on any atom is 0.276 e. The quantitative estimate of drug-likeness (QED) is 0.486. The van der Waals surface area contributed by atoms with Crippen molar-refractivity contribution in [3.8, 4) is 0 Å². The molecule has 0 aromatic heterocycles. The van der Waals surface area contributed by atoms with Crippen molar-refractivity contribution in [3.63, 3.8) is 0 Å². The Labute approximate surface area is 145 Å². The van der Waals surface area contributed by atoms with Crippen LogP contribution < -0.4 is 4.83 Å². The third-order valence-electron chi connectivity index (χ3n) is 3.38. The summed E-state index contributed by atoms with van der Waals surface area (Å²) in [7, 11) is -3.77. The summed E-state index contributed by atoms with van der Waals surface area (Å²) in [6, 6.07) is 11.3. The molecule has 0 heterocycles. The topological polar surface area (TPSA) is 102 Å². The number of nitro groups is 1. The average molecular weight is 359 g/mol. The van der Waals surface area contributed by atoms with Gasteiger partial charge in [-0.2, -0.15) is 13.5 Å². The summed E-state index contributed by atoms with van der Waals surface area (Å²) in [6.07, 6.45) is 4.13. The molecule has 0 aliphatic rings. The number of nitrogens with zero attached hydrogens (tertiary/aromatic N) is 2. The van der Waals surface area contributed by atoms with Gasteiger partial charge in [-0.25, -0.2) is 4.83 Å². The number of rotatable bonds is 6. The van der Waals surface area contributed by atoms with Crippen molar-refractivity contribution in [1.29, 1.82) is 0 Å². The second-order valence-electron chi connectivity index (χ2n) is 5.32. The molecular formula is C17H17N3O4S. The van der Waals surface area contributed by atoms with Crippen molar-refractivity contribution in [3.05, 3.63) is 75.3 Å². The Hall–Kier alpha value is -3.00. The van der Waals surface area contributed by atoms with Crippen LogP contribution in [0.3, 0.4) is 0 Å². The Morgan fingerprint density at radius 3 is 2.60 bits per heavy atom. The molecule has 0 aliphatic heterocycles. The fourth-order valence-electron chi connectivity index (χ4n) is 2.13. The van der Waals surface area contributed by atoms with Crippen LogP contribution in [0, 0.1) is 24.0 Å². The number of sulfonamides is 1. The van der Waals surface area contributed by atoms with E-state index in [4.69, 9.17) is 0 Å². The number of hydrogen-bond donors (Lipinski definition) is 1. The van der Waals surface area contributed by atoms with Crippen molar-refractivity contribution in [1.82, 2.24) is 4.83 Å². The summed E-state index contributed by atoms with van der Waals surface area (Å²) >= 11 is 0. The van der Waals surface area contributed by atoms with Gasteiger partial charge >= 0.3 is 0 Å². The van der Waals surface area contributed by atoms with Gasteiger partial charge in [-0.15, -0.1) is 0 Å². The lowest BCUT2D eigenvalue weighted by atomic mass is 10.2. The fourth-order valence-corrected chi connectivity index (χ4v) is 3.26. The highest BCUT2D eigenvalue weighted by atomic mass is 32.2. The Morgan fingerprint density at radius 1 is 1.16 bits per heavy atom. The van der Waals surface area contributed by atoms with Gasteiger partial charge in [-0.1, -0.05) is 24.3 Å². The monoisotopic (exact) mass is 359 g/mol. The van der Waals surface area contributed by atoms with Crippen LogP contribution in [0.15, 0.2) is 58.5 Å². The van der Waals surface area contributed by atoms with E-state index < -0.39 is 14.9 Å². The number of benzene rings is 2. The van der Waals surface area contributed by atoms with Crippen LogP contribution in [0.4, 0.5) is 5.69 Å². The molecule has 8 heteroatoms. The molecule has 0 radical (unpaired) electrons. The van der Waals surface area contributed by atoms with E-state index in [0.717, 1.165) is 5.56 Å². The van der Waals surface area contributed by atoms with Gasteiger partial charge in [-0.05, 0) is 49.3 Å². The van der Waals surface area contributed by atoms with Crippen LogP contribution in [-0.2, 0) is 10.0 Å². The zero-order chi connectivity index (χ0) is 18.4. The average Bonchev–Trinajstić information content (AvgIpc) is 2.56. The normalized spacial score (nSPS) is 11.9. The SMILES string of the molecule is Cc1ccc(C)c(S(=O)(=O)N/N=C\C=C\c2ccccc2[N+](=O)[O-])c1. The van der Waals surface area contributed by atoms with Crippen LogP contribution in [-0.4, -0.2) is 19.6 Å². The molecule has 25 heavy (non-hydrogen) atoms. The first-order chi connectivity index (χ1) is 11.8. The third-order valence-corrected chi connectivity index (χ3v) is 4.74. The summed E-state index contributed by atoms with van der Waals surface area (Å²) in [6.45, 7) is 3.50. The van der Waals surface area contributed by atoms with Crippen molar-refractivity contribution >= 4 is 28.0 Å². The van der Waals surface area contributed by atoms with E-state index in [0.29, 0.717) is 11.1 Å². The van der Waals surface area contributed by atoms with Crippen molar-refractivity contribution in [2.45, 2.75) is 18.7 Å². The van der Waals surface area contributed by atoms with Crippen LogP contribution in [0.1, 0.15) is 16.7 Å². The van der Waals surface area contributed by atoms with Gasteiger partial charge in [0.05, 0.1) is 15.4 Å². The van der Waals surface area contributed by atoms with Gasteiger partial charge in [0.15, 0.2) is 0 Å². The van der Waals surface area contributed by atoms with Crippen LogP contribution >= 0.6 is 0 Å². The predicted octanol–water partition coefficient (Wildman–Crippen LogP) is 3.19. The number of nitro benzene ring substituents is 1. The highest BCUT2D eigenvalue weighted by molar-refractivity contribution is 7.89. The molecule has 2 aromatic carbocycles. The number of aryl methyl sites for hydroxylation is 2. The molecule has 7 nitrogen and oxygen atoms in total. The minimum atomic E-state index is -3.77. The maximum absolute atomic E-state index is 12.2. The molecule has 130 valence electrons. The van der Waals surface area contributed by atoms with Gasteiger partial charge in [0.2, 0.25) is 0 Å². The predicted molar refractivity (Wildman–Crippen MR) is 96.9 cm³/mol. The molecule has 0 fully saturated rings. The minimum absolute atomic E-state index is 0.0388. The molecule has 2 rings (SSSR count). The van der Waals surface area contributed by atoms with Crippen LogP contribution in [0.5, 0.6) is 0 Å². The zero-order valence-corrected chi connectivity index (χ0v) is 14.5. The van der Waals surface area contributed by atoms with Gasteiger partial charge in [0.25, 0.3) is 15.7 Å². The maximum atomic E-state index is 12.2. The number of para-hydroxylation sites is 1. The molecule has 1 N–H and O–H groups in total. The molecule has 2 aromatic rings. The first kappa shape index (κ1) is 18.3. The molecule has 0 aliphatic carbocycles. The number of hydrogen-bond acceptors (Lipinski definition) is 5. The first-order valence-electron chi connectivity index (χ1n) is 7.33. The van der Waals surface area contributed by atoms with Crippen molar-refractivity contribution in [2.75, 3.05) is 0 Å². The second kappa shape index (κ2) is 7.71. The standard InChI is InChI=1S/C17H17N3O4S/c1-13-9-10-14(2)17(12-13)25(23,24)19-18-11-5-7-15-6-3-4-8-16(15)20(21)22/h3-12,19H,1-2H3/b7-5+,18-11-. The third kappa shape index (κ3) is 4.74. The molecular weight excluding hydrogens is 342 g/mol. The molecule has 0 saturated heterocycles. The minimum Gasteiger partial charge on any atom is -0.258 e. The van der Waals surface area contributed by atoms with Gasteiger partial charge in [0, 0.05) is 12.3 Å². The van der Waals surface area contributed by atoms with Gasteiger partial charge in [-0.3, -0.25) is 10.1 Å². The van der Waals surface area contributed by atoms with E-state index in [1.165, 1.54) is 24.4 Å². The van der Waals surface area contributed by atoms with E-state index >= 15 is 0 Å². The molecule has 0 atom stereocenters. The largest absolute Gasteiger partial charge is 0.276 e. The van der Waals surface area contributed by atoms with Crippen LogP contribution in [0.25, 0.3) is 6.08 Å². The Balaban J connectivity index is 2.11. The van der Waals surface area contributed by atoms with Crippen LogP contribution in [0.2, 0.25) is 0 Å². The molecule has 0 unspecified atom stereocenters. The molecule has 0 saturated carbocycles. The molecule has 0 spiro atoms. The molecule has 0 bridgehead atoms. The number of hydrazone groups is 1. The van der Waals surface area contributed by atoms with Crippen molar-refractivity contribution < 1.29 is 13.3 Å². The Kier molecular flexibility index (Phi) is 5.66. The van der Waals surface area contributed by atoms with E-state index in [1.54, 1.807) is 44.2 Å². The molecule has 0 amide bonds. The summed E-state index contributed by atoms with van der Waals surface area (Å²) < 4.78 is 24.5. The zero-order valence-electron chi connectivity index (χ0n) is 13.7. The van der Waals surface area contributed by atoms with E-state index in [9.17, 15) is 18.5 Å². The Bertz CT molecular complexity index is 950. The van der Waals surface area contributed by atoms with E-state index in [2.05, 4.69) is 9.93 Å². The van der Waals surface area contributed by atoms with Gasteiger partial charge < -0.3 is 0 Å². The fraction of sp³-hybridized carbons (Fsp3) is 0.118. The second-order valence-corrected chi connectivity index (χ2v) is 6.95. The first-order valence-corrected chi connectivity index (χ1v) is 8.82. The highest BCUT2D eigenvalue weighted by Crippen LogP contribution is 2.19. The summed E-state index contributed by atoms with van der Waals surface area (Å²) in [4.78, 5) is 12.7. The summed E-state index contributed by atoms with van der Waals surface area (Å²) in [5.74, 6) is 0. The summed E-state index contributed by atoms with van der Waals surface area (Å²) in [5, 5.41) is 14.6. The lowest BCUT2D eigenvalue weighted by molar-refractivity contribution is -0.385. The lowest BCUT2D eigenvalue weighted by Crippen LogP contribution is -2.19. The highest BCUT2D eigenvalue weighted by Gasteiger charge is 2.15. The smallest absolute Gasteiger partial charge is 0.258 e. The van der Waals surface area contributed by atoms with Crippen molar-refractivity contribution in [2.24, 2.45) is 5.10 Å². The summed E-state index contributed by atoms with van der Waals surface area (Å²) in [5.41, 5.74) is 1.80. The van der Waals surface area contributed by atoms with E-state index in [1.807, 2.05) is 6.07 Å². The number of nitrogens with one attached hydrogen (secondary N) is 1. The lowest BCUT2D eigenvalue weighted by Gasteiger charge is -2.07. The number of allylic oxidation sites excluding steroid dienone is 1. The van der Waals surface area contributed by atoms with Gasteiger partial charge in [0.1, 0.15) is 0 Å². The van der Waals surface area contributed by atoms with E-state index in [-0.39, 0.29) is 10.6 Å².